The minimum atomic E-state index is -1.08. The summed E-state index contributed by atoms with van der Waals surface area (Å²) in [6.45, 7) is 1.82. The third-order valence-electron chi connectivity index (χ3n) is 2.21. The molecule has 1 aromatic rings. The summed E-state index contributed by atoms with van der Waals surface area (Å²) in [7, 11) is 0. The average Bonchev–Trinajstić information content (AvgIpc) is 2.29. The molecule has 96 valence electrons. The summed E-state index contributed by atoms with van der Waals surface area (Å²) in [6.07, 6.45) is -0.528. The second-order valence-electron chi connectivity index (χ2n) is 3.71. The number of carbonyl (C=O) groups excluding carboxylic acids is 2. The molecule has 6 heteroatoms. The van der Waals surface area contributed by atoms with Crippen LogP contribution in [0.25, 0.3) is 0 Å². The number of para-hydroxylation sites is 1. The van der Waals surface area contributed by atoms with E-state index in [4.69, 9.17) is 5.11 Å². The fourth-order valence-corrected chi connectivity index (χ4v) is 1.28. The van der Waals surface area contributed by atoms with Crippen LogP contribution in [0.4, 0.5) is 10.5 Å². The lowest BCUT2D eigenvalue weighted by Gasteiger charge is -2.08. The Bertz CT molecular complexity index is 471. The van der Waals surface area contributed by atoms with Crippen LogP contribution in [0.5, 0.6) is 0 Å². The highest BCUT2D eigenvalue weighted by Crippen LogP contribution is 2.12. The first kappa shape index (κ1) is 13.7. The summed E-state index contributed by atoms with van der Waals surface area (Å²) in [5.74, 6) is -1.70. The van der Waals surface area contributed by atoms with Crippen LogP contribution in [-0.4, -0.2) is 23.0 Å². The number of aliphatic carboxylic acids is 1. The smallest absolute Gasteiger partial charge is 0.325 e. The molecule has 0 aliphatic carbocycles. The van der Waals surface area contributed by atoms with Crippen LogP contribution >= 0.6 is 0 Å². The van der Waals surface area contributed by atoms with Gasteiger partial charge < -0.3 is 10.4 Å². The quantitative estimate of drug-likeness (QED) is 0.754. The number of hydrogen-bond acceptors (Lipinski definition) is 3. The molecule has 3 N–H and O–H groups in total. The van der Waals surface area contributed by atoms with Crippen LogP contribution in [0, 0.1) is 6.92 Å². The number of anilines is 1. The second-order valence-corrected chi connectivity index (χ2v) is 3.71. The van der Waals surface area contributed by atoms with Crippen LogP contribution < -0.4 is 10.6 Å². The second kappa shape index (κ2) is 6.39. The zero-order valence-corrected chi connectivity index (χ0v) is 9.90. The summed E-state index contributed by atoms with van der Waals surface area (Å²) >= 11 is 0. The van der Waals surface area contributed by atoms with Crippen molar-refractivity contribution in [3.05, 3.63) is 29.8 Å². The van der Waals surface area contributed by atoms with Crippen molar-refractivity contribution in [3.63, 3.8) is 0 Å². The maximum absolute atomic E-state index is 11.4. The molecule has 0 aromatic heterocycles. The van der Waals surface area contributed by atoms with Crippen molar-refractivity contribution in [1.29, 1.82) is 0 Å². The van der Waals surface area contributed by atoms with Crippen molar-refractivity contribution < 1.29 is 19.5 Å². The van der Waals surface area contributed by atoms with Crippen molar-refractivity contribution in [3.8, 4) is 0 Å². The predicted octanol–water partition coefficient (Wildman–Crippen LogP) is 1.51. The number of carboxylic acids is 1. The van der Waals surface area contributed by atoms with E-state index in [-0.39, 0.29) is 12.8 Å². The highest BCUT2D eigenvalue weighted by molar-refractivity contribution is 6.01. The third-order valence-corrected chi connectivity index (χ3v) is 2.21. The highest BCUT2D eigenvalue weighted by atomic mass is 16.4. The number of rotatable bonds is 4. The Morgan fingerprint density at radius 3 is 2.44 bits per heavy atom. The number of benzene rings is 1. The summed E-state index contributed by atoms with van der Waals surface area (Å²) in [6, 6.07) is 6.45. The number of aryl methyl sites for hydroxylation is 1. The minimum absolute atomic E-state index is 0.226. The van der Waals surface area contributed by atoms with Crippen LogP contribution in [0.3, 0.4) is 0 Å². The van der Waals surface area contributed by atoms with Crippen molar-refractivity contribution in [2.45, 2.75) is 19.8 Å². The molecule has 6 nitrogen and oxygen atoms in total. The molecule has 0 heterocycles. The van der Waals surface area contributed by atoms with E-state index in [9.17, 15) is 14.4 Å². The molecular formula is C12H14N2O4. The fourth-order valence-electron chi connectivity index (χ4n) is 1.28. The molecule has 0 bridgehead atoms. The molecule has 0 unspecified atom stereocenters. The number of urea groups is 1. The molecule has 1 rings (SSSR count). The van der Waals surface area contributed by atoms with E-state index in [1.54, 1.807) is 12.1 Å². The number of nitrogens with one attached hydrogen (secondary N) is 2. The van der Waals surface area contributed by atoms with Crippen molar-refractivity contribution >= 4 is 23.6 Å². The van der Waals surface area contributed by atoms with E-state index in [0.29, 0.717) is 5.69 Å². The lowest BCUT2D eigenvalue weighted by molar-refractivity contribution is -0.138. The van der Waals surface area contributed by atoms with Crippen LogP contribution in [0.1, 0.15) is 18.4 Å². The van der Waals surface area contributed by atoms with Crippen molar-refractivity contribution in [2.75, 3.05) is 5.32 Å². The molecule has 0 atom stereocenters. The summed E-state index contributed by atoms with van der Waals surface area (Å²) in [5.41, 5.74) is 1.46. The molecular weight excluding hydrogens is 236 g/mol. The molecule has 18 heavy (non-hydrogen) atoms. The zero-order chi connectivity index (χ0) is 13.5. The van der Waals surface area contributed by atoms with Gasteiger partial charge in [0.1, 0.15) is 0 Å². The van der Waals surface area contributed by atoms with Gasteiger partial charge in [0.25, 0.3) is 0 Å². The molecule has 0 saturated heterocycles. The summed E-state index contributed by atoms with van der Waals surface area (Å²) in [5, 5.41) is 13.0. The first-order valence-corrected chi connectivity index (χ1v) is 5.37. The first-order valence-electron chi connectivity index (χ1n) is 5.37. The number of hydrogen-bond donors (Lipinski definition) is 3. The van der Waals surface area contributed by atoms with Crippen LogP contribution in [0.15, 0.2) is 24.3 Å². The lowest BCUT2D eigenvalue weighted by Crippen LogP contribution is -2.34. The monoisotopic (exact) mass is 250 g/mol. The van der Waals surface area contributed by atoms with Gasteiger partial charge in [0, 0.05) is 12.1 Å². The van der Waals surface area contributed by atoms with Gasteiger partial charge in [0.05, 0.1) is 6.42 Å². The Labute approximate surface area is 104 Å². The molecule has 1 aromatic carbocycles. The summed E-state index contributed by atoms with van der Waals surface area (Å²) in [4.78, 5) is 32.9. The third kappa shape index (κ3) is 4.65. The van der Waals surface area contributed by atoms with Gasteiger partial charge in [-0.15, -0.1) is 0 Å². The largest absolute Gasteiger partial charge is 0.481 e. The Morgan fingerprint density at radius 2 is 1.83 bits per heavy atom. The zero-order valence-electron chi connectivity index (χ0n) is 9.90. The van der Waals surface area contributed by atoms with Crippen molar-refractivity contribution in [2.24, 2.45) is 0 Å². The van der Waals surface area contributed by atoms with Gasteiger partial charge in [0.2, 0.25) is 5.91 Å². The van der Waals surface area contributed by atoms with E-state index < -0.39 is 17.9 Å². The molecule has 0 saturated carbocycles. The summed E-state index contributed by atoms with van der Waals surface area (Å²) < 4.78 is 0. The SMILES string of the molecule is Cc1ccccc1NC(=O)NC(=O)CCC(=O)O. The van der Waals surface area contributed by atoms with Gasteiger partial charge in [-0.2, -0.15) is 0 Å². The van der Waals surface area contributed by atoms with Gasteiger partial charge in [-0.25, -0.2) is 4.79 Å². The average molecular weight is 250 g/mol. The Balaban J connectivity index is 2.45. The number of carbonyl (C=O) groups is 3. The highest BCUT2D eigenvalue weighted by Gasteiger charge is 2.10. The van der Waals surface area contributed by atoms with E-state index in [1.165, 1.54) is 0 Å². The van der Waals surface area contributed by atoms with E-state index in [0.717, 1.165) is 5.56 Å². The minimum Gasteiger partial charge on any atom is -0.481 e. The molecule has 0 fully saturated rings. The standard InChI is InChI=1S/C12H14N2O4/c1-8-4-2-3-5-9(8)13-12(18)14-10(15)6-7-11(16)17/h2-5H,6-7H2,1H3,(H,16,17)(H2,13,14,15,18). The van der Waals surface area contributed by atoms with Gasteiger partial charge in [-0.1, -0.05) is 18.2 Å². The maximum atomic E-state index is 11.4. The molecule has 0 aliphatic heterocycles. The Morgan fingerprint density at radius 1 is 1.17 bits per heavy atom. The van der Waals surface area contributed by atoms with E-state index >= 15 is 0 Å². The predicted molar refractivity (Wildman–Crippen MR) is 65.2 cm³/mol. The van der Waals surface area contributed by atoms with E-state index in [2.05, 4.69) is 10.6 Å². The number of amides is 3. The first-order chi connectivity index (χ1) is 8.49. The van der Waals surface area contributed by atoms with Crippen LogP contribution in [-0.2, 0) is 9.59 Å². The molecule has 0 spiro atoms. The topological polar surface area (TPSA) is 95.5 Å². The van der Waals surface area contributed by atoms with E-state index in [1.807, 2.05) is 19.1 Å². The van der Waals surface area contributed by atoms with Gasteiger partial charge in [0.15, 0.2) is 0 Å². The fraction of sp³-hybridized carbons (Fsp3) is 0.250. The van der Waals surface area contributed by atoms with Gasteiger partial charge in [-0.05, 0) is 18.6 Å². The van der Waals surface area contributed by atoms with Crippen molar-refractivity contribution in [1.82, 2.24) is 5.32 Å². The Hall–Kier alpha value is -2.37. The maximum Gasteiger partial charge on any atom is 0.325 e. The number of imide groups is 1. The normalized spacial score (nSPS) is 9.61. The Kier molecular flexibility index (Phi) is 4.86. The molecule has 0 aliphatic rings. The van der Waals surface area contributed by atoms with Crippen LogP contribution in [0.2, 0.25) is 0 Å². The van der Waals surface area contributed by atoms with Gasteiger partial charge in [-0.3, -0.25) is 14.9 Å². The lowest BCUT2D eigenvalue weighted by atomic mass is 10.2. The molecule has 0 radical (unpaired) electrons. The molecule has 3 amide bonds. The van der Waals surface area contributed by atoms with Gasteiger partial charge >= 0.3 is 12.0 Å². The number of carboxylic acid groups (broad SMARTS) is 1.